The maximum absolute atomic E-state index is 16.2. The van der Waals surface area contributed by atoms with E-state index >= 15 is 43.9 Å². The second-order valence-electron chi connectivity index (χ2n) is 15.6. The van der Waals surface area contributed by atoms with Crippen molar-refractivity contribution in [2.75, 3.05) is 0 Å². The molecule has 0 heterocycles. The van der Waals surface area contributed by atoms with Crippen molar-refractivity contribution in [3.8, 4) is 0 Å². The van der Waals surface area contributed by atoms with Gasteiger partial charge in [0.15, 0.2) is 64.0 Å². The molecule has 7 aromatic rings. The van der Waals surface area contributed by atoms with Crippen LogP contribution in [0, 0.1) is 116 Å². The predicted octanol–water partition coefficient (Wildman–Crippen LogP) is 11.0. The molecule has 0 spiro atoms. The van der Waals surface area contributed by atoms with Gasteiger partial charge < -0.3 is 0 Å². The molecule has 0 radical (unpaired) electrons. The van der Waals surface area contributed by atoms with E-state index in [4.69, 9.17) is 0 Å². The van der Waals surface area contributed by atoms with Crippen LogP contribution >= 0.6 is 0 Å². The molecular formula is C46H24BF19Si. The third-order valence-corrected chi connectivity index (χ3v) is 12.6. The van der Waals surface area contributed by atoms with E-state index < -0.39 is 152 Å². The highest BCUT2D eigenvalue weighted by molar-refractivity contribution is 7.20. The van der Waals surface area contributed by atoms with Crippen LogP contribution in [0.25, 0.3) is 0 Å². The SMILES string of the molecule is C[Si](C)(C)c1c(F)c(F)c([B-](c2c(F)c(F)c(F)c(F)c2F)(c2c(F)c(F)c(F)c(F)c2F)c2c(F)c(F)c(F)c(F)c2F)c(F)c1F.c1ccc([C+](c2ccccc2)c2ccccc2)cc1. The van der Waals surface area contributed by atoms with Crippen molar-refractivity contribution in [1.82, 2.24) is 0 Å². The molecule has 0 aromatic heterocycles. The fraction of sp³-hybridized carbons (Fsp3) is 0.0652. The van der Waals surface area contributed by atoms with E-state index in [0.717, 1.165) is 19.6 Å². The summed E-state index contributed by atoms with van der Waals surface area (Å²) in [6, 6.07) is 31.6. The first kappa shape index (κ1) is 49.8. The second-order valence-corrected chi connectivity index (χ2v) is 20.6. The monoisotopic (exact) mass is 976 g/mol. The molecule has 0 amide bonds. The average Bonchev–Trinajstić information content (AvgIpc) is 3.30. The molecule has 0 nitrogen and oxygen atoms in total. The van der Waals surface area contributed by atoms with Gasteiger partial charge in [-0.3, -0.25) is 0 Å². The van der Waals surface area contributed by atoms with E-state index in [0.29, 0.717) is 0 Å². The normalized spacial score (nSPS) is 11.7. The van der Waals surface area contributed by atoms with Crippen molar-refractivity contribution >= 4 is 41.3 Å². The Bertz CT molecular complexity index is 2670. The van der Waals surface area contributed by atoms with Gasteiger partial charge in [0.05, 0.1) is 30.7 Å². The Balaban J connectivity index is 0.000000321. The zero-order chi connectivity index (χ0) is 49.8. The van der Waals surface area contributed by atoms with Crippen LogP contribution in [0.4, 0.5) is 83.4 Å². The topological polar surface area (TPSA) is 0 Å². The van der Waals surface area contributed by atoms with Crippen LogP contribution in [0.3, 0.4) is 0 Å². The first-order valence-electron chi connectivity index (χ1n) is 19.0. The summed E-state index contributed by atoms with van der Waals surface area (Å²) < 4.78 is 288. The van der Waals surface area contributed by atoms with Crippen molar-refractivity contribution in [3.63, 3.8) is 0 Å². The number of hydrogen-bond donors (Lipinski definition) is 0. The summed E-state index contributed by atoms with van der Waals surface area (Å²) in [6.45, 7) is 2.80. The largest absolute Gasteiger partial charge is 0.207 e. The average molecular weight is 977 g/mol. The highest BCUT2D eigenvalue weighted by atomic mass is 28.3. The van der Waals surface area contributed by atoms with Crippen LogP contribution in [-0.4, -0.2) is 14.2 Å². The Morgan fingerprint density at radius 1 is 0.269 bits per heavy atom. The molecule has 348 valence electrons. The predicted molar refractivity (Wildman–Crippen MR) is 212 cm³/mol. The fourth-order valence-corrected chi connectivity index (χ4v) is 9.41. The van der Waals surface area contributed by atoms with Crippen LogP contribution in [0.1, 0.15) is 16.7 Å². The minimum absolute atomic E-state index is 0.934. The third-order valence-electron chi connectivity index (χ3n) is 10.7. The molecule has 0 aliphatic heterocycles. The Morgan fingerprint density at radius 2 is 0.448 bits per heavy atom. The molecule has 0 fully saturated rings. The van der Waals surface area contributed by atoms with Crippen molar-refractivity contribution in [2.24, 2.45) is 0 Å². The summed E-state index contributed by atoms with van der Waals surface area (Å²) in [6.07, 6.45) is -7.08. The highest BCUT2D eigenvalue weighted by Gasteiger charge is 2.52. The standard InChI is InChI=1S/C27H9BF19Si.C19H15/c1-48(2,3)27-25(46)14(35)7(15(36)26(27)47)28(4-8(29)16(37)22(43)17(38)9(4)30,5-10(31)18(39)23(44)19(40)11(5)32)6-12(33)20(41)24(45)21(42)13(6)34;1-4-10-16(11-5-1)19(17-12-6-2-7-13-17)18-14-8-3-9-15-18/h1-3H3;1-15H/q-1;+1. The van der Waals surface area contributed by atoms with Gasteiger partial charge in [0.25, 0.3) is 0 Å². The third kappa shape index (κ3) is 8.09. The maximum atomic E-state index is 16.2. The van der Waals surface area contributed by atoms with Gasteiger partial charge in [0.1, 0.15) is 52.7 Å². The van der Waals surface area contributed by atoms with Crippen molar-refractivity contribution < 1.29 is 83.4 Å². The molecule has 0 saturated carbocycles. The zero-order valence-electron chi connectivity index (χ0n) is 33.9. The maximum Gasteiger partial charge on any atom is 0.200 e. The Morgan fingerprint density at radius 3 is 0.642 bits per heavy atom. The molecular weight excluding hydrogens is 952 g/mol. The summed E-state index contributed by atoms with van der Waals surface area (Å²) in [5, 5.41) is -1.63. The Hall–Kier alpha value is -6.64. The van der Waals surface area contributed by atoms with Gasteiger partial charge in [-0.25, -0.2) is 83.4 Å². The zero-order valence-corrected chi connectivity index (χ0v) is 34.9. The second kappa shape index (κ2) is 18.6. The molecule has 0 unspecified atom stereocenters. The quantitative estimate of drug-likeness (QED) is 0.0356. The van der Waals surface area contributed by atoms with E-state index in [1.54, 1.807) is 0 Å². The first-order valence-corrected chi connectivity index (χ1v) is 22.5. The van der Waals surface area contributed by atoms with Crippen LogP contribution in [0.15, 0.2) is 91.0 Å². The molecule has 21 heteroatoms. The summed E-state index contributed by atoms with van der Waals surface area (Å²) >= 11 is 0. The fourth-order valence-electron chi connectivity index (χ4n) is 7.87. The lowest BCUT2D eigenvalue weighted by molar-refractivity contribution is 0.379. The summed E-state index contributed by atoms with van der Waals surface area (Å²) in [5.74, 6) is -63.2. The van der Waals surface area contributed by atoms with Crippen molar-refractivity contribution in [3.05, 3.63) is 224 Å². The molecule has 0 N–H and O–H groups in total. The molecule has 0 atom stereocenters. The van der Waals surface area contributed by atoms with E-state index in [2.05, 4.69) is 91.0 Å². The summed E-state index contributed by atoms with van der Waals surface area (Å²) in [4.78, 5) is 0. The first-order chi connectivity index (χ1) is 31.4. The van der Waals surface area contributed by atoms with E-state index in [-0.39, 0.29) is 0 Å². The van der Waals surface area contributed by atoms with Crippen LogP contribution < -0.4 is 27.0 Å². The van der Waals surface area contributed by atoms with Gasteiger partial charge in [0, 0.05) is 5.19 Å². The van der Waals surface area contributed by atoms with E-state index in [1.807, 2.05) is 0 Å². The van der Waals surface area contributed by atoms with Gasteiger partial charge >= 0.3 is 0 Å². The number of benzene rings is 7. The van der Waals surface area contributed by atoms with Gasteiger partial charge in [-0.15, -0.1) is 21.9 Å². The summed E-state index contributed by atoms with van der Waals surface area (Å²) in [7, 11) is -3.82. The lowest BCUT2D eigenvalue weighted by atomic mass is 9.12. The van der Waals surface area contributed by atoms with Crippen LogP contribution in [0.5, 0.6) is 0 Å². The molecule has 0 aliphatic carbocycles. The Kier molecular flexibility index (Phi) is 13.8. The van der Waals surface area contributed by atoms with Gasteiger partial charge in [-0.2, -0.15) is 0 Å². The molecule has 7 aromatic carbocycles. The number of rotatable bonds is 8. The number of hydrogen-bond acceptors (Lipinski definition) is 0. The van der Waals surface area contributed by atoms with Gasteiger partial charge in [0.2, 0.25) is 0 Å². The minimum Gasteiger partial charge on any atom is -0.207 e. The minimum atomic E-state index is -7.08. The van der Waals surface area contributed by atoms with E-state index in [9.17, 15) is 39.5 Å². The van der Waals surface area contributed by atoms with Crippen molar-refractivity contribution in [2.45, 2.75) is 19.6 Å². The van der Waals surface area contributed by atoms with Gasteiger partial charge in [-0.05, 0) is 72.8 Å². The number of halogens is 19. The molecule has 0 aliphatic rings. The van der Waals surface area contributed by atoms with Gasteiger partial charge in [-0.1, -0.05) is 37.8 Å². The van der Waals surface area contributed by atoms with Crippen molar-refractivity contribution in [1.29, 1.82) is 0 Å². The Labute approximate surface area is 367 Å². The molecule has 0 saturated heterocycles. The smallest absolute Gasteiger partial charge is 0.200 e. The highest BCUT2D eigenvalue weighted by Crippen LogP contribution is 2.32. The molecule has 0 bridgehead atoms. The van der Waals surface area contributed by atoms with Crippen LogP contribution in [-0.2, 0) is 0 Å². The lowest BCUT2D eigenvalue weighted by Crippen LogP contribution is -2.81. The summed E-state index contributed by atoms with van der Waals surface area (Å²) in [5.41, 5.74) is -9.91. The molecule has 67 heavy (non-hydrogen) atoms. The van der Waals surface area contributed by atoms with E-state index in [1.165, 1.54) is 22.6 Å². The molecule has 7 rings (SSSR count). The lowest BCUT2D eigenvalue weighted by Gasteiger charge is -2.45. The van der Waals surface area contributed by atoms with Crippen LogP contribution in [0.2, 0.25) is 19.6 Å².